The first-order chi connectivity index (χ1) is 16.8. The van der Waals surface area contributed by atoms with Gasteiger partial charge < -0.3 is 5.11 Å². The van der Waals surface area contributed by atoms with Crippen LogP contribution in [0.4, 0.5) is 0 Å². The molecule has 6 aromatic rings. The van der Waals surface area contributed by atoms with Crippen LogP contribution >= 0.6 is 0 Å². The van der Waals surface area contributed by atoms with Crippen molar-refractivity contribution in [1.82, 2.24) is 19.5 Å². The van der Waals surface area contributed by atoms with Gasteiger partial charge in [-0.05, 0) is 48.5 Å². The van der Waals surface area contributed by atoms with E-state index in [1.165, 1.54) is 0 Å². The predicted octanol–water partition coefficient (Wildman–Crippen LogP) is 6.52. The monoisotopic (exact) mass is 440 g/mol. The van der Waals surface area contributed by atoms with Gasteiger partial charge >= 0.3 is 0 Å². The van der Waals surface area contributed by atoms with Crippen molar-refractivity contribution < 1.29 is 5.11 Å². The standard InChI is InChI=1S/C29H20N4O/c34-28-22(24-13-5-7-18-31-24)11-8-14-26(28)33-27-19-21(23-12-4-6-17-30-23)15-16-25(27)32-29(33)20-9-2-1-3-10-20/h1-19,34H. The summed E-state index contributed by atoms with van der Waals surface area (Å²) in [6.45, 7) is 0. The molecule has 3 aromatic carbocycles. The van der Waals surface area contributed by atoms with Gasteiger partial charge in [0.05, 0.1) is 28.1 Å². The molecule has 0 aliphatic rings. The Bertz CT molecular complexity index is 1590. The summed E-state index contributed by atoms with van der Waals surface area (Å²) in [4.78, 5) is 13.9. The molecule has 6 rings (SSSR count). The minimum absolute atomic E-state index is 0.154. The number of phenolic OH excluding ortho intramolecular Hbond substituents is 1. The normalized spacial score (nSPS) is 11.1. The number of rotatable bonds is 4. The zero-order valence-corrected chi connectivity index (χ0v) is 18.2. The van der Waals surface area contributed by atoms with Crippen molar-refractivity contribution in [3.63, 3.8) is 0 Å². The van der Waals surface area contributed by atoms with Gasteiger partial charge in [-0.2, -0.15) is 0 Å². The molecule has 162 valence electrons. The number of hydrogen-bond donors (Lipinski definition) is 1. The fraction of sp³-hybridized carbons (Fsp3) is 0. The first-order valence-electron chi connectivity index (χ1n) is 11.0. The number of fused-ring (bicyclic) bond motifs is 1. The number of hydrogen-bond acceptors (Lipinski definition) is 4. The first-order valence-corrected chi connectivity index (χ1v) is 11.0. The van der Waals surface area contributed by atoms with Gasteiger partial charge in [0.2, 0.25) is 0 Å². The van der Waals surface area contributed by atoms with E-state index in [0.717, 1.165) is 33.7 Å². The molecule has 0 saturated heterocycles. The summed E-state index contributed by atoms with van der Waals surface area (Å²) in [7, 11) is 0. The third-order valence-electron chi connectivity index (χ3n) is 5.84. The van der Waals surface area contributed by atoms with Crippen LogP contribution in [0.3, 0.4) is 0 Å². The summed E-state index contributed by atoms with van der Waals surface area (Å²) in [5, 5.41) is 11.4. The molecule has 0 fully saturated rings. The second-order valence-electron chi connectivity index (χ2n) is 7.94. The lowest BCUT2D eigenvalue weighted by atomic mass is 10.1. The molecule has 1 N–H and O–H groups in total. The highest BCUT2D eigenvalue weighted by molar-refractivity contribution is 5.88. The summed E-state index contributed by atoms with van der Waals surface area (Å²) < 4.78 is 2.01. The molecule has 0 radical (unpaired) electrons. The van der Waals surface area contributed by atoms with Crippen molar-refractivity contribution in [2.45, 2.75) is 0 Å². The van der Waals surface area contributed by atoms with E-state index in [1.54, 1.807) is 12.4 Å². The van der Waals surface area contributed by atoms with Gasteiger partial charge in [0.1, 0.15) is 11.6 Å². The maximum absolute atomic E-state index is 11.4. The van der Waals surface area contributed by atoms with Gasteiger partial charge in [-0.3, -0.25) is 14.5 Å². The number of aromatic hydroxyl groups is 1. The molecule has 0 amide bonds. The third-order valence-corrected chi connectivity index (χ3v) is 5.84. The molecule has 3 aromatic heterocycles. The van der Waals surface area contributed by atoms with Gasteiger partial charge in [0, 0.05) is 29.1 Å². The molecule has 0 unspecified atom stereocenters. The number of imidazole rings is 1. The van der Waals surface area contributed by atoms with Crippen molar-refractivity contribution in [2.75, 3.05) is 0 Å². The van der Waals surface area contributed by atoms with E-state index in [-0.39, 0.29) is 5.75 Å². The number of para-hydroxylation sites is 1. The Morgan fingerprint density at radius 2 is 1.35 bits per heavy atom. The third kappa shape index (κ3) is 3.40. The summed E-state index contributed by atoms with van der Waals surface area (Å²) in [6, 6.07) is 33.4. The lowest BCUT2D eigenvalue weighted by Crippen LogP contribution is -1.99. The van der Waals surface area contributed by atoms with E-state index in [2.05, 4.69) is 16.0 Å². The Hall–Kier alpha value is -4.77. The fourth-order valence-corrected chi connectivity index (χ4v) is 4.23. The Morgan fingerprint density at radius 3 is 2.09 bits per heavy atom. The van der Waals surface area contributed by atoms with E-state index >= 15 is 0 Å². The molecule has 0 atom stereocenters. The van der Waals surface area contributed by atoms with Crippen LogP contribution in [0.25, 0.3) is 50.6 Å². The highest BCUT2D eigenvalue weighted by Gasteiger charge is 2.19. The van der Waals surface area contributed by atoms with Crippen LogP contribution in [0, 0.1) is 0 Å². The summed E-state index contributed by atoms with van der Waals surface area (Å²) in [5.41, 5.74) is 6.56. The molecule has 34 heavy (non-hydrogen) atoms. The van der Waals surface area contributed by atoms with Gasteiger partial charge in [0.15, 0.2) is 0 Å². The van der Waals surface area contributed by atoms with Gasteiger partial charge in [0.25, 0.3) is 0 Å². The summed E-state index contributed by atoms with van der Waals surface area (Å²) in [6.07, 6.45) is 3.51. The second kappa shape index (κ2) is 8.30. The van der Waals surface area contributed by atoms with E-state index in [0.29, 0.717) is 16.9 Å². The molecule has 5 heteroatoms. The lowest BCUT2D eigenvalue weighted by Gasteiger charge is -2.14. The lowest BCUT2D eigenvalue weighted by molar-refractivity contribution is 0.474. The molecule has 0 aliphatic heterocycles. The quantitative estimate of drug-likeness (QED) is 0.339. The van der Waals surface area contributed by atoms with Gasteiger partial charge in [-0.1, -0.05) is 54.6 Å². The SMILES string of the molecule is Oc1c(-c2ccccn2)cccc1-n1c(-c2ccccc2)nc2ccc(-c3ccccn3)cc21. The largest absolute Gasteiger partial charge is 0.505 e. The van der Waals surface area contributed by atoms with Crippen molar-refractivity contribution >= 4 is 11.0 Å². The van der Waals surface area contributed by atoms with E-state index < -0.39 is 0 Å². The molecule has 0 bridgehead atoms. The van der Waals surface area contributed by atoms with Crippen LogP contribution in [-0.4, -0.2) is 24.6 Å². The molecular formula is C29H20N4O. The maximum Gasteiger partial charge on any atom is 0.149 e. The first kappa shape index (κ1) is 19.9. The van der Waals surface area contributed by atoms with Crippen LogP contribution < -0.4 is 0 Å². The second-order valence-corrected chi connectivity index (χ2v) is 7.94. The zero-order chi connectivity index (χ0) is 22.9. The number of aromatic nitrogens is 4. The number of phenols is 1. The Kier molecular flexibility index (Phi) is 4.85. The zero-order valence-electron chi connectivity index (χ0n) is 18.2. The Balaban J connectivity index is 1.64. The highest BCUT2D eigenvalue weighted by Crippen LogP contribution is 2.38. The van der Waals surface area contributed by atoms with Gasteiger partial charge in [-0.25, -0.2) is 4.98 Å². The molecule has 0 aliphatic carbocycles. The minimum atomic E-state index is 0.154. The molecule has 0 saturated carbocycles. The van der Waals surface area contributed by atoms with Gasteiger partial charge in [-0.15, -0.1) is 0 Å². The molecule has 0 spiro atoms. The number of benzene rings is 3. The van der Waals surface area contributed by atoms with Crippen molar-refractivity contribution in [3.8, 4) is 45.3 Å². The maximum atomic E-state index is 11.4. The molecular weight excluding hydrogens is 420 g/mol. The van der Waals surface area contributed by atoms with Crippen LogP contribution in [-0.2, 0) is 0 Å². The van der Waals surface area contributed by atoms with Crippen molar-refractivity contribution in [1.29, 1.82) is 0 Å². The van der Waals surface area contributed by atoms with E-state index in [4.69, 9.17) is 4.98 Å². The smallest absolute Gasteiger partial charge is 0.149 e. The Morgan fingerprint density at radius 1 is 0.618 bits per heavy atom. The van der Waals surface area contributed by atoms with Crippen LogP contribution in [0.2, 0.25) is 0 Å². The average molecular weight is 441 g/mol. The predicted molar refractivity (Wildman–Crippen MR) is 135 cm³/mol. The Labute approximate surface area is 196 Å². The average Bonchev–Trinajstić information content (AvgIpc) is 3.29. The fourth-order valence-electron chi connectivity index (χ4n) is 4.23. The number of nitrogens with zero attached hydrogens (tertiary/aromatic N) is 4. The summed E-state index contributed by atoms with van der Waals surface area (Å²) in [5.74, 6) is 0.906. The van der Waals surface area contributed by atoms with Crippen molar-refractivity contribution in [3.05, 3.63) is 116 Å². The highest BCUT2D eigenvalue weighted by atomic mass is 16.3. The van der Waals surface area contributed by atoms with Crippen molar-refractivity contribution in [2.24, 2.45) is 0 Å². The van der Waals surface area contributed by atoms with Crippen LogP contribution in [0.5, 0.6) is 5.75 Å². The summed E-state index contributed by atoms with van der Waals surface area (Å²) >= 11 is 0. The van der Waals surface area contributed by atoms with E-state index in [1.807, 2.05) is 102 Å². The van der Waals surface area contributed by atoms with E-state index in [9.17, 15) is 5.11 Å². The van der Waals surface area contributed by atoms with Crippen LogP contribution in [0.1, 0.15) is 0 Å². The van der Waals surface area contributed by atoms with Crippen LogP contribution in [0.15, 0.2) is 116 Å². The molecule has 3 heterocycles. The minimum Gasteiger partial charge on any atom is -0.505 e. The topological polar surface area (TPSA) is 63.8 Å². The molecule has 5 nitrogen and oxygen atoms in total. The number of pyridine rings is 2.